The van der Waals surface area contributed by atoms with E-state index in [2.05, 4.69) is 32.6 Å². The molecule has 2 unspecified atom stereocenters. The van der Waals surface area contributed by atoms with Gasteiger partial charge in [-0.2, -0.15) is 0 Å². The lowest BCUT2D eigenvalue weighted by molar-refractivity contribution is -0.123. The van der Waals surface area contributed by atoms with Crippen molar-refractivity contribution in [1.82, 2.24) is 4.90 Å². The zero-order valence-corrected chi connectivity index (χ0v) is 10.8. The first-order valence-corrected chi connectivity index (χ1v) is 6.13. The van der Waals surface area contributed by atoms with E-state index in [0.717, 1.165) is 19.0 Å². The van der Waals surface area contributed by atoms with Crippen LogP contribution in [0.1, 0.15) is 47.5 Å². The summed E-state index contributed by atoms with van der Waals surface area (Å²) in [5.41, 5.74) is 0.379. The molecule has 0 amide bonds. The molecule has 1 aliphatic heterocycles. The molecule has 2 heteroatoms. The fourth-order valence-corrected chi connectivity index (χ4v) is 2.34. The lowest BCUT2D eigenvalue weighted by Gasteiger charge is -2.28. The molecule has 2 atom stereocenters. The van der Waals surface area contributed by atoms with Gasteiger partial charge >= 0.3 is 0 Å². The van der Waals surface area contributed by atoms with Gasteiger partial charge in [0, 0.05) is 13.0 Å². The minimum absolute atomic E-state index is 0.127. The fraction of sp³-hybridized carbons (Fsp3) is 0.923. The van der Waals surface area contributed by atoms with E-state index >= 15 is 0 Å². The summed E-state index contributed by atoms with van der Waals surface area (Å²) in [5.74, 6) is 1.12. The molecular weight excluding hydrogens is 186 g/mol. The average molecular weight is 211 g/mol. The average Bonchev–Trinajstić information content (AvgIpc) is 2.63. The van der Waals surface area contributed by atoms with Crippen LogP contribution < -0.4 is 0 Å². The van der Waals surface area contributed by atoms with Crippen molar-refractivity contribution in [3.8, 4) is 0 Å². The van der Waals surface area contributed by atoms with Crippen molar-refractivity contribution in [2.24, 2.45) is 11.3 Å². The molecule has 0 aliphatic carbocycles. The zero-order chi connectivity index (χ0) is 11.6. The van der Waals surface area contributed by atoms with E-state index in [4.69, 9.17) is 0 Å². The van der Waals surface area contributed by atoms with Crippen LogP contribution in [-0.2, 0) is 4.79 Å². The smallest absolute Gasteiger partial charge is 0.149 e. The van der Waals surface area contributed by atoms with Crippen molar-refractivity contribution in [1.29, 1.82) is 0 Å². The Morgan fingerprint density at radius 1 is 1.47 bits per heavy atom. The van der Waals surface area contributed by atoms with Crippen LogP contribution in [0.25, 0.3) is 0 Å². The monoisotopic (exact) mass is 211 g/mol. The van der Waals surface area contributed by atoms with Crippen molar-refractivity contribution in [2.75, 3.05) is 13.1 Å². The van der Waals surface area contributed by atoms with Crippen molar-refractivity contribution < 1.29 is 4.79 Å². The van der Waals surface area contributed by atoms with Crippen LogP contribution >= 0.6 is 0 Å². The molecule has 1 saturated heterocycles. The normalized spacial score (nSPS) is 25.5. The second kappa shape index (κ2) is 4.65. The highest BCUT2D eigenvalue weighted by Gasteiger charge is 2.34. The Hall–Kier alpha value is -0.370. The maximum absolute atomic E-state index is 11.6. The van der Waals surface area contributed by atoms with E-state index in [1.165, 1.54) is 6.42 Å². The minimum atomic E-state index is 0.127. The van der Waals surface area contributed by atoms with Gasteiger partial charge in [0.05, 0.1) is 6.04 Å². The fourth-order valence-electron chi connectivity index (χ4n) is 2.34. The van der Waals surface area contributed by atoms with Crippen molar-refractivity contribution in [2.45, 2.75) is 53.5 Å². The van der Waals surface area contributed by atoms with Gasteiger partial charge in [-0.3, -0.25) is 9.69 Å². The second-order valence-corrected chi connectivity index (χ2v) is 5.84. The van der Waals surface area contributed by atoms with E-state index in [1.807, 2.05) is 6.92 Å². The van der Waals surface area contributed by atoms with Crippen LogP contribution in [0.5, 0.6) is 0 Å². The number of nitrogens with zero attached hydrogens (tertiary/aromatic N) is 1. The Labute approximate surface area is 94.0 Å². The van der Waals surface area contributed by atoms with Gasteiger partial charge in [-0.25, -0.2) is 0 Å². The summed E-state index contributed by atoms with van der Waals surface area (Å²) in [6, 6.07) is 0.127. The number of hydrogen-bond acceptors (Lipinski definition) is 2. The van der Waals surface area contributed by atoms with Crippen LogP contribution in [-0.4, -0.2) is 29.8 Å². The number of Topliss-reactive ketones (excluding diaryl/α,β-unsaturated/α-hetero) is 1. The van der Waals surface area contributed by atoms with E-state index in [1.54, 1.807) is 0 Å². The second-order valence-electron chi connectivity index (χ2n) is 5.84. The molecule has 0 aromatic rings. The van der Waals surface area contributed by atoms with Crippen LogP contribution in [0.15, 0.2) is 0 Å². The van der Waals surface area contributed by atoms with Crippen LogP contribution in [0.2, 0.25) is 0 Å². The van der Waals surface area contributed by atoms with Crippen molar-refractivity contribution in [3.63, 3.8) is 0 Å². The highest BCUT2D eigenvalue weighted by Crippen LogP contribution is 2.34. The SMILES string of the molecule is CCC(=O)C(C)N1CCC(C(C)(C)C)C1. The van der Waals surface area contributed by atoms with Crippen molar-refractivity contribution >= 4 is 5.78 Å². The highest BCUT2D eigenvalue weighted by molar-refractivity contribution is 5.83. The topological polar surface area (TPSA) is 20.3 Å². The zero-order valence-electron chi connectivity index (χ0n) is 10.8. The first kappa shape index (κ1) is 12.7. The van der Waals surface area contributed by atoms with Gasteiger partial charge in [0.25, 0.3) is 0 Å². The Bertz CT molecular complexity index is 229. The lowest BCUT2D eigenvalue weighted by Crippen LogP contribution is -2.38. The third-order valence-electron chi connectivity index (χ3n) is 3.81. The molecule has 1 rings (SSSR count). The molecule has 0 spiro atoms. The van der Waals surface area contributed by atoms with Gasteiger partial charge in [0.1, 0.15) is 5.78 Å². The lowest BCUT2D eigenvalue weighted by atomic mass is 9.80. The van der Waals surface area contributed by atoms with Crippen LogP contribution in [0, 0.1) is 11.3 Å². The predicted molar refractivity (Wildman–Crippen MR) is 63.9 cm³/mol. The number of likely N-dealkylation sites (tertiary alicyclic amines) is 1. The summed E-state index contributed by atoms with van der Waals surface area (Å²) in [6.45, 7) is 13.1. The van der Waals surface area contributed by atoms with Crippen molar-refractivity contribution in [3.05, 3.63) is 0 Å². The Morgan fingerprint density at radius 2 is 2.07 bits per heavy atom. The summed E-state index contributed by atoms with van der Waals surface area (Å²) < 4.78 is 0. The molecule has 1 fully saturated rings. The summed E-state index contributed by atoms with van der Waals surface area (Å²) in [5, 5.41) is 0. The molecule has 1 heterocycles. The number of carbonyl (C=O) groups is 1. The first-order valence-electron chi connectivity index (χ1n) is 6.13. The molecule has 2 nitrogen and oxygen atoms in total. The van der Waals surface area contributed by atoms with Crippen LogP contribution in [0.3, 0.4) is 0 Å². The van der Waals surface area contributed by atoms with Gasteiger partial charge in [0.2, 0.25) is 0 Å². The standard InChI is InChI=1S/C13H25NO/c1-6-12(15)10(2)14-8-7-11(9-14)13(3,4)5/h10-11H,6-9H2,1-5H3. The molecule has 88 valence electrons. The number of rotatable bonds is 3. The summed E-state index contributed by atoms with van der Waals surface area (Å²) in [6.07, 6.45) is 1.91. The Morgan fingerprint density at radius 3 is 2.47 bits per heavy atom. The number of hydrogen-bond donors (Lipinski definition) is 0. The Kier molecular flexibility index (Phi) is 3.93. The minimum Gasteiger partial charge on any atom is -0.298 e. The van der Waals surface area contributed by atoms with Gasteiger partial charge in [0.15, 0.2) is 0 Å². The molecule has 0 radical (unpaired) electrons. The first-order chi connectivity index (χ1) is 6.86. The third kappa shape index (κ3) is 3.04. The maximum atomic E-state index is 11.6. The largest absolute Gasteiger partial charge is 0.298 e. The maximum Gasteiger partial charge on any atom is 0.149 e. The summed E-state index contributed by atoms with van der Waals surface area (Å²) in [4.78, 5) is 14.0. The van der Waals surface area contributed by atoms with E-state index < -0.39 is 0 Å². The van der Waals surface area contributed by atoms with E-state index in [-0.39, 0.29) is 6.04 Å². The van der Waals surface area contributed by atoms with Gasteiger partial charge in [-0.15, -0.1) is 0 Å². The molecule has 0 bridgehead atoms. The Balaban J connectivity index is 2.53. The molecule has 1 aliphatic rings. The van der Waals surface area contributed by atoms with E-state index in [0.29, 0.717) is 17.6 Å². The van der Waals surface area contributed by atoms with Gasteiger partial charge in [-0.05, 0) is 31.2 Å². The molecule has 0 aromatic heterocycles. The number of ketones is 1. The summed E-state index contributed by atoms with van der Waals surface area (Å²) in [7, 11) is 0. The quantitative estimate of drug-likeness (QED) is 0.715. The van der Waals surface area contributed by atoms with Gasteiger partial charge in [-0.1, -0.05) is 27.7 Å². The molecular formula is C13H25NO. The van der Waals surface area contributed by atoms with Crippen LogP contribution in [0.4, 0.5) is 0 Å². The van der Waals surface area contributed by atoms with E-state index in [9.17, 15) is 4.79 Å². The molecule has 0 N–H and O–H groups in total. The molecule has 15 heavy (non-hydrogen) atoms. The van der Waals surface area contributed by atoms with Gasteiger partial charge < -0.3 is 0 Å². The third-order valence-corrected chi connectivity index (χ3v) is 3.81. The number of carbonyl (C=O) groups excluding carboxylic acids is 1. The highest BCUT2D eigenvalue weighted by atomic mass is 16.1. The predicted octanol–water partition coefficient (Wildman–Crippen LogP) is 2.72. The summed E-state index contributed by atoms with van der Waals surface area (Å²) >= 11 is 0. The molecule has 0 saturated carbocycles. The molecule has 0 aromatic carbocycles.